The van der Waals surface area contributed by atoms with Crippen molar-refractivity contribution in [3.63, 3.8) is 0 Å². The molecular formula is C19H17FN4O3S. The fourth-order valence-corrected chi connectivity index (χ4v) is 4.61. The van der Waals surface area contributed by atoms with Gasteiger partial charge in [-0.2, -0.15) is 8.42 Å². The third-order valence-corrected chi connectivity index (χ3v) is 6.14. The summed E-state index contributed by atoms with van der Waals surface area (Å²) in [6, 6.07) is 12.9. The second-order valence-corrected chi connectivity index (χ2v) is 8.21. The number of nitrogens with zero attached hydrogens (tertiary/aromatic N) is 3. The quantitative estimate of drug-likeness (QED) is 0.713. The van der Waals surface area contributed by atoms with Gasteiger partial charge < -0.3 is 9.88 Å². The number of sulfonamides is 1. The highest BCUT2D eigenvalue weighted by Gasteiger charge is 2.32. The number of rotatable bonds is 5. The van der Waals surface area contributed by atoms with Crippen LogP contribution in [0.2, 0.25) is 0 Å². The highest BCUT2D eigenvalue weighted by Crippen LogP contribution is 2.32. The molecule has 144 valence electrons. The summed E-state index contributed by atoms with van der Waals surface area (Å²) in [5.74, 6) is -0.877. The Balaban J connectivity index is 1.49. The van der Waals surface area contributed by atoms with Crippen LogP contribution in [0.1, 0.15) is 5.56 Å². The molecule has 0 atom stereocenters. The lowest BCUT2D eigenvalue weighted by atomic mass is 10.2. The molecule has 0 aliphatic carbocycles. The van der Waals surface area contributed by atoms with Crippen LogP contribution in [0, 0.1) is 5.82 Å². The number of amides is 1. The Morgan fingerprint density at radius 3 is 2.82 bits per heavy atom. The molecule has 28 heavy (non-hydrogen) atoms. The van der Waals surface area contributed by atoms with Gasteiger partial charge in [-0.1, -0.05) is 24.3 Å². The lowest BCUT2D eigenvalue weighted by Gasteiger charge is -2.17. The lowest BCUT2D eigenvalue weighted by Crippen LogP contribution is -2.29. The number of carbonyl (C=O) groups excluding carboxylic acids is 1. The maximum absolute atomic E-state index is 13.2. The molecule has 0 bridgehead atoms. The maximum Gasteiger partial charge on any atom is 0.283 e. The molecule has 0 radical (unpaired) electrons. The number of nitrogens with one attached hydrogen (secondary N) is 1. The Morgan fingerprint density at radius 2 is 2.00 bits per heavy atom. The zero-order valence-electron chi connectivity index (χ0n) is 14.7. The van der Waals surface area contributed by atoms with Gasteiger partial charge in [0.25, 0.3) is 10.0 Å². The first-order chi connectivity index (χ1) is 13.4. The summed E-state index contributed by atoms with van der Waals surface area (Å²) in [6.45, 7) is 0.213. The van der Waals surface area contributed by atoms with Gasteiger partial charge in [-0.15, -0.1) is 0 Å². The molecule has 1 aliphatic rings. The molecule has 9 heteroatoms. The first-order valence-corrected chi connectivity index (χ1v) is 10.1. The Hall–Kier alpha value is -3.20. The standard InChI is InChI=1S/C19H17FN4O3S/c20-15-5-3-6-16(10-15)22-18(25)11-23-12-19(21-13-23)28(26,27)24-9-8-14-4-1-2-7-17(14)24/h1-7,10,12-13H,8-9,11H2,(H,22,25). The summed E-state index contributed by atoms with van der Waals surface area (Å²) in [6.07, 6.45) is 3.26. The van der Waals surface area contributed by atoms with Crippen LogP contribution < -0.4 is 9.62 Å². The van der Waals surface area contributed by atoms with Gasteiger partial charge in [0, 0.05) is 18.4 Å². The molecule has 7 nitrogen and oxygen atoms in total. The third kappa shape index (κ3) is 3.48. The summed E-state index contributed by atoms with van der Waals surface area (Å²) in [5, 5.41) is 2.44. The van der Waals surface area contributed by atoms with E-state index in [1.807, 2.05) is 12.1 Å². The number of benzene rings is 2. The van der Waals surface area contributed by atoms with E-state index in [9.17, 15) is 17.6 Å². The van der Waals surface area contributed by atoms with Gasteiger partial charge in [-0.3, -0.25) is 9.10 Å². The third-order valence-electron chi connectivity index (χ3n) is 4.44. The van der Waals surface area contributed by atoms with E-state index in [0.717, 1.165) is 5.56 Å². The fourth-order valence-electron chi connectivity index (χ4n) is 3.16. The Morgan fingerprint density at radius 1 is 1.18 bits per heavy atom. The predicted octanol–water partition coefficient (Wildman–Crippen LogP) is 2.41. The second-order valence-electron chi connectivity index (χ2n) is 6.40. The Kier molecular flexibility index (Phi) is 4.60. The largest absolute Gasteiger partial charge is 0.327 e. The van der Waals surface area contributed by atoms with Crippen molar-refractivity contribution in [3.05, 3.63) is 72.4 Å². The number of hydrogen-bond donors (Lipinski definition) is 1. The first-order valence-electron chi connectivity index (χ1n) is 8.61. The van der Waals surface area contributed by atoms with Gasteiger partial charge in [0.1, 0.15) is 12.4 Å². The fraction of sp³-hybridized carbons (Fsp3) is 0.158. The molecule has 0 saturated heterocycles. The summed E-state index contributed by atoms with van der Waals surface area (Å²) in [5.41, 5.74) is 1.95. The topological polar surface area (TPSA) is 84.3 Å². The summed E-state index contributed by atoms with van der Waals surface area (Å²) in [4.78, 5) is 16.1. The molecule has 0 unspecified atom stereocenters. The molecule has 0 spiro atoms. The maximum atomic E-state index is 13.2. The minimum absolute atomic E-state index is 0.122. The zero-order valence-corrected chi connectivity index (χ0v) is 15.6. The van der Waals surface area contributed by atoms with Crippen molar-refractivity contribution in [2.24, 2.45) is 0 Å². The molecule has 2 heterocycles. The number of halogens is 1. The van der Waals surface area contributed by atoms with E-state index in [2.05, 4.69) is 10.3 Å². The molecule has 1 amide bonds. The van der Waals surface area contributed by atoms with Crippen LogP contribution in [0.15, 0.2) is 66.1 Å². The molecule has 1 aliphatic heterocycles. The van der Waals surface area contributed by atoms with Gasteiger partial charge in [-0.25, -0.2) is 9.37 Å². The number of hydrogen-bond acceptors (Lipinski definition) is 4. The van der Waals surface area contributed by atoms with Crippen LogP contribution in [-0.2, 0) is 27.8 Å². The number of para-hydroxylation sites is 1. The van der Waals surface area contributed by atoms with Crippen LogP contribution in [-0.4, -0.2) is 30.4 Å². The normalized spacial score (nSPS) is 13.4. The van der Waals surface area contributed by atoms with Crippen molar-refractivity contribution in [2.45, 2.75) is 18.0 Å². The van der Waals surface area contributed by atoms with E-state index in [0.29, 0.717) is 24.3 Å². The molecule has 1 aromatic heterocycles. The van der Waals surface area contributed by atoms with Crippen molar-refractivity contribution < 1.29 is 17.6 Å². The highest BCUT2D eigenvalue weighted by molar-refractivity contribution is 7.92. The van der Waals surface area contributed by atoms with E-state index in [1.54, 1.807) is 18.2 Å². The predicted molar refractivity (Wildman–Crippen MR) is 102 cm³/mol. The zero-order chi connectivity index (χ0) is 19.7. The smallest absolute Gasteiger partial charge is 0.283 e. The van der Waals surface area contributed by atoms with Crippen LogP contribution in [0.4, 0.5) is 15.8 Å². The van der Waals surface area contributed by atoms with Crippen molar-refractivity contribution in [2.75, 3.05) is 16.2 Å². The first kappa shape index (κ1) is 18.2. The van der Waals surface area contributed by atoms with Gasteiger partial charge in [-0.05, 0) is 36.2 Å². The molecule has 1 N–H and O–H groups in total. The van der Waals surface area contributed by atoms with Crippen LogP contribution in [0.3, 0.4) is 0 Å². The van der Waals surface area contributed by atoms with E-state index in [4.69, 9.17) is 0 Å². The molecular weight excluding hydrogens is 383 g/mol. The Bertz CT molecular complexity index is 1140. The average molecular weight is 400 g/mol. The number of anilines is 2. The van der Waals surface area contributed by atoms with Crippen molar-refractivity contribution in [1.82, 2.24) is 9.55 Å². The summed E-state index contributed by atoms with van der Waals surface area (Å²) < 4.78 is 41.8. The van der Waals surface area contributed by atoms with Crippen LogP contribution in [0.5, 0.6) is 0 Å². The van der Waals surface area contributed by atoms with Gasteiger partial charge in [0.2, 0.25) is 5.91 Å². The van der Waals surface area contributed by atoms with E-state index >= 15 is 0 Å². The Labute approximate surface area is 161 Å². The highest BCUT2D eigenvalue weighted by atomic mass is 32.2. The van der Waals surface area contributed by atoms with Crippen LogP contribution >= 0.6 is 0 Å². The minimum atomic E-state index is -3.81. The van der Waals surface area contributed by atoms with Gasteiger partial charge in [0.15, 0.2) is 5.03 Å². The van der Waals surface area contributed by atoms with E-state index < -0.39 is 21.7 Å². The van der Waals surface area contributed by atoms with Crippen molar-refractivity contribution in [1.29, 1.82) is 0 Å². The van der Waals surface area contributed by atoms with Gasteiger partial charge >= 0.3 is 0 Å². The molecule has 2 aromatic carbocycles. The number of imidazole rings is 1. The van der Waals surface area contributed by atoms with Crippen molar-refractivity contribution in [3.8, 4) is 0 Å². The number of carbonyl (C=O) groups is 1. The SMILES string of the molecule is O=C(Cn1cnc(S(=O)(=O)N2CCc3ccccc32)c1)Nc1cccc(F)c1. The summed E-state index contributed by atoms with van der Waals surface area (Å²) >= 11 is 0. The van der Waals surface area contributed by atoms with Gasteiger partial charge in [0.05, 0.1) is 12.0 Å². The average Bonchev–Trinajstić information content (AvgIpc) is 3.29. The lowest BCUT2D eigenvalue weighted by molar-refractivity contribution is -0.116. The monoisotopic (exact) mass is 400 g/mol. The van der Waals surface area contributed by atoms with E-state index in [1.165, 1.54) is 39.6 Å². The van der Waals surface area contributed by atoms with Crippen molar-refractivity contribution >= 4 is 27.3 Å². The molecule has 0 fully saturated rings. The second kappa shape index (κ2) is 7.08. The van der Waals surface area contributed by atoms with E-state index in [-0.39, 0.29) is 11.6 Å². The summed E-state index contributed by atoms with van der Waals surface area (Å²) in [7, 11) is -3.81. The number of fused-ring (bicyclic) bond motifs is 1. The minimum Gasteiger partial charge on any atom is -0.327 e. The van der Waals surface area contributed by atoms with Crippen LogP contribution in [0.25, 0.3) is 0 Å². The molecule has 4 rings (SSSR count). The molecule has 3 aromatic rings. The number of aromatic nitrogens is 2. The molecule has 0 saturated carbocycles.